The predicted molar refractivity (Wildman–Crippen MR) is 117 cm³/mol. The lowest BCUT2D eigenvalue weighted by atomic mass is 9.75. The van der Waals surface area contributed by atoms with Crippen molar-refractivity contribution in [1.82, 2.24) is 0 Å². The third kappa shape index (κ3) is 3.31. The molecule has 27 heavy (non-hydrogen) atoms. The maximum Gasteiger partial charge on any atom is 0.0356 e. The van der Waals surface area contributed by atoms with Gasteiger partial charge in [-0.1, -0.05) is 109 Å². The van der Waals surface area contributed by atoms with Crippen molar-refractivity contribution in [2.24, 2.45) is 0 Å². The summed E-state index contributed by atoms with van der Waals surface area (Å²) in [4.78, 5) is 0. The Labute approximate surface area is 161 Å². The second-order valence-electron chi connectivity index (χ2n) is 7.29. The zero-order valence-corrected chi connectivity index (χ0v) is 15.9. The molecule has 0 aromatic heterocycles. The fourth-order valence-electron chi connectivity index (χ4n) is 3.80. The number of aryl methyl sites for hydroxylation is 1. The smallest absolute Gasteiger partial charge is 0.0356 e. The molecule has 0 spiro atoms. The molecule has 0 amide bonds. The summed E-state index contributed by atoms with van der Waals surface area (Å²) in [6, 6.07) is 34.5. The number of fused-ring (bicyclic) bond motifs is 1. The number of hydrogen-bond donors (Lipinski definition) is 0. The Kier molecular flexibility index (Phi) is 4.64. The van der Waals surface area contributed by atoms with E-state index in [0.717, 1.165) is 0 Å². The molecular formula is C27H24. The highest BCUT2D eigenvalue weighted by molar-refractivity contribution is 5.92. The van der Waals surface area contributed by atoms with E-state index in [1.807, 2.05) is 0 Å². The van der Waals surface area contributed by atoms with Crippen LogP contribution in [0.25, 0.3) is 16.8 Å². The molecule has 0 radical (unpaired) electrons. The summed E-state index contributed by atoms with van der Waals surface area (Å²) < 4.78 is 0. The average molecular weight is 348 g/mol. The van der Waals surface area contributed by atoms with Crippen LogP contribution in [0.4, 0.5) is 0 Å². The Morgan fingerprint density at radius 1 is 0.630 bits per heavy atom. The minimum atomic E-state index is -0.189. The van der Waals surface area contributed by atoms with Gasteiger partial charge in [-0.15, -0.1) is 0 Å². The van der Waals surface area contributed by atoms with Crippen molar-refractivity contribution >= 4 is 16.8 Å². The quantitative estimate of drug-likeness (QED) is 0.367. The van der Waals surface area contributed by atoms with Gasteiger partial charge in [-0.3, -0.25) is 0 Å². The van der Waals surface area contributed by atoms with Crippen molar-refractivity contribution in [1.29, 1.82) is 0 Å². The van der Waals surface area contributed by atoms with Gasteiger partial charge in [-0.2, -0.15) is 0 Å². The van der Waals surface area contributed by atoms with Gasteiger partial charge in [0.25, 0.3) is 0 Å². The van der Waals surface area contributed by atoms with Crippen molar-refractivity contribution in [3.05, 3.63) is 125 Å². The molecule has 0 atom stereocenters. The summed E-state index contributed by atoms with van der Waals surface area (Å²) in [5, 5.41) is 2.58. The number of rotatable bonds is 4. The molecule has 0 bridgehead atoms. The number of allylic oxidation sites excluding steroid dienone is 1. The lowest BCUT2D eigenvalue weighted by Gasteiger charge is -2.28. The van der Waals surface area contributed by atoms with Crippen LogP contribution in [-0.4, -0.2) is 0 Å². The summed E-state index contributed by atoms with van der Waals surface area (Å²) >= 11 is 0. The van der Waals surface area contributed by atoms with Gasteiger partial charge < -0.3 is 0 Å². The Morgan fingerprint density at radius 3 is 1.81 bits per heavy atom. The van der Waals surface area contributed by atoms with Crippen LogP contribution in [0.2, 0.25) is 0 Å². The average Bonchev–Trinajstić information content (AvgIpc) is 2.74. The summed E-state index contributed by atoms with van der Waals surface area (Å²) in [5.41, 5.74) is 5.00. The molecule has 0 saturated carbocycles. The normalized spacial score (nSPS) is 11.9. The molecule has 0 N–H and O–H groups in total. The number of benzene rings is 4. The second-order valence-corrected chi connectivity index (χ2v) is 7.29. The first kappa shape index (κ1) is 17.3. The topological polar surface area (TPSA) is 0 Å². The van der Waals surface area contributed by atoms with E-state index in [9.17, 15) is 0 Å². The van der Waals surface area contributed by atoms with Crippen LogP contribution in [0, 0.1) is 6.92 Å². The Bertz CT molecular complexity index is 1030. The van der Waals surface area contributed by atoms with Crippen molar-refractivity contribution in [3.63, 3.8) is 0 Å². The van der Waals surface area contributed by atoms with Crippen LogP contribution >= 0.6 is 0 Å². The van der Waals surface area contributed by atoms with E-state index < -0.39 is 0 Å². The van der Waals surface area contributed by atoms with Crippen LogP contribution in [-0.2, 0) is 5.41 Å². The molecule has 0 aliphatic rings. The summed E-state index contributed by atoms with van der Waals surface area (Å²) in [5.74, 6) is 0. The standard InChI is InChI=1S/C27H24/c1-21-17-18-22-11-9-10-16-26(22)25(21)19-20-27(2,23-12-5-3-6-13-23)24-14-7-4-8-15-24/h3-20H,1-2H3/b20-19-. The Balaban J connectivity index is 1.88. The third-order valence-electron chi connectivity index (χ3n) is 5.52. The Morgan fingerprint density at radius 2 is 1.19 bits per heavy atom. The molecule has 0 heteroatoms. The third-order valence-corrected chi connectivity index (χ3v) is 5.52. The summed E-state index contributed by atoms with van der Waals surface area (Å²) in [6.07, 6.45) is 4.66. The molecule has 0 aliphatic carbocycles. The molecule has 132 valence electrons. The van der Waals surface area contributed by atoms with Gasteiger partial charge in [0.1, 0.15) is 0 Å². The van der Waals surface area contributed by atoms with E-state index in [1.165, 1.54) is 33.0 Å². The second kappa shape index (κ2) is 7.25. The predicted octanol–water partition coefficient (Wildman–Crippen LogP) is 7.17. The first-order chi connectivity index (χ1) is 13.2. The van der Waals surface area contributed by atoms with Crippen LogP contribution in [0.5, 0.6) is 0 Å². The minimum Gasteiger partial charge on any atom is -0.0692 e. The largest absolute Gasteiger partial charge is 0.0692 e. The molecule has 0 fully saturated rings. The number of hydrogen-bond acceptors (Lipinski definition) is 0. The summed E-state index contributed by atoms with van der Waals surface area (Å²) in [6.45, 7) is 4.49. The molecule has 0 nitrogen and oxygen atoms in total. The lowest BCUT2D eigenvalue weighted by molar-refractivity contribution is 0.727. The van der Waals surface area contributed by atoms with E-state index in [-0.39, 0.29) is 5.41 Å². The highest BCUT2D eigenvalue weighted by atomic mass is 14.3. The van der Waals surface area contributed by atoms with Crippen molar-refractivity contribution in [3.8, 4) is 0 Å². The highest BCUT2D eigenvalue weighted by Gasteiger charge is 2.25. The van der Waals surface area contributed by atoms with Gasteiger partial charge in [-0.05, 0) is 46.9 Å². The lowest BCUT2D eigenvalue weighted by Crippen LogP contribution is -2.20. The highest BCUT2D eigenvalue weighted by Crippen LogP contribution is 2.35. The first-order valence-corrected chi connectivity index (χ1v) is 9.47. The van der Waals surface area contributed by atoms with E-state index >= 15 is 0 Å². The van der Waals surface area contributed by atoms with Crippen LogP contribution in [0.15, 0.2) is 103 Å². The molecule has 0 unspecified atom stereocenters. The molecule has 0 aliphatic heterocycles. The molecule has 0 heterocycles. The Hall–Kier alpha value is -3.12. The van der Waals surface area contributed by atoms with Gasteiger partial charge in [-0.25, -0.2) is 0 Å². The molecular weight excluding hydrogens is 324 g/mol. The van der Waals surface area contributed by atoms with E-state index in [0.29, 0.717) is 0 Å². The van der Waals surface area contributed by atoms with Gasteiger partial charge >= 0.3 is 0 Å². The zero-order valence-electron chi connectivity index (χ0n) is 15.9. The molecule has 4 rings (SSSR count). The van der Waals surface area contributed by atoms with Crippen LogP contribution in [0.3, 0.4) is 0 Å². The van der Waals surface area contributed by atoms with E-state index in [4.69, 9.17) is 0 Å². The SMILES string of the molecule is Cc1ccc2ccccc2c1/C=C\C(C)(c1ccccc1)c1ccccc1. The molecule has 4 aromatic rings. The van der Waals surface area contributed by atoms with Crippen molar-refractivity contribution < 1.29 is 0 Å². The van der Waals surface area contributed by atoms with E-state index in [2.05, 4.69) is 123 Å². The molecule has 0 saturated heterocycles. The monoisotopic (exact) mass is 348 g/mol. The maximum atomic E-state index is 2.35. The van der Waals surface area contributed by atoms with Crippen molar-refractivity contribution in [2.75, 3.05) is 0 Å². The van der Waals surface area contributed by atoms with E-state index in [1.54, 1.807) is 0 Å². The maximum absolute atomic E-state index is 2.35. The van der Waals surface area contributed by atoms with Crippen LogP contribution < -0.4 is 0 Å². The van der Waals surface area contributed by atoms with Gasteiger partial charge in [0.2, 0.25) is 0 Å². The van der Waals surface area contributed by atoms with Gasteiger partial charge in [0, 0.05) is 5.41 Å². The minimum absolute atomic E-state index is 0.189. The summed E-state index contributed by atoms with van der Waals surface area (Å²) in [7, 11) is 0. The fourth-order valence-corrected chi connectivity index (χ4v) is 3.80. The zero-order chi connectivity index (χ0) is 18.7. The van der Waals surface area contributed by atoms with Gasteiger partial charge in [0.15, 0.2) is 0 Å². The van der Waals surface area contributed by atoms with Crippen molar-refractivity contribution in [2.45, 2.75) is 19.3 Å². The van der Waals surface area contributed by atoms with Gasteiger partial charge in [0.05, 0.1) is 0 Å². The molecule has 4 aromatic carbocycles. The fraction of sp³-hybridized carbons (Fsp3) is 0.111. The first-order valence-electron chi connectivity index (χ1n) is 9.47. The van der Waals surface area contributed by atoms with Crippen LogP contribution in [0.1, 0.15) is 29.2 Å².